The van der Waals surface area contributed by atoms with Crippen molar-refractivity contribution in [2.45, 2.75) is 28.5 Å². The van der Waals surface area contributed by atoms with Crippen molar-refractivity contribution >= 4 is 67.2 Å². The van der Waals surface area contributed by atoms with E-state index in [1.807, 2.05) is 6.26 Å². The van der Waals surface area contributed by atoms with Crippen LogP contribution in [0.5, 0.6) is 0 Å². The number of fused-ring (bicyclic) bond motifs is 5. The van der Waals surface area contributed by atoms with Gasteiger partial charge in [-0.25, -0.2) is 4.79 Å². The number of alkyl halides is 2. The number of amides is 2. The Morgan fingerprint density at radius 2 is 1.68 bits per heavy atom. The number of Topliss-reactive ketones (excluding diaryl/α,β-unsaturated/α-hetero) is 1. The van der Waals surface area contributed by atoms with Gasteiger partial charge < -0.3 is 4.74 Å². The first-order chi connectivity index (χ1) is 14.9. The van der Waals surface area contributed by atoms with E-state index < -0.39 is 18.6 Å². The lowest BCUT2D eigenvalue weighted by Crippen LogP contribution is -2.47. The van der Waals surface area contributed by atoms with Crippen molar-refractivity contribution in [3.63, 3.8) is 0 Å². The topological polar surface area (TPSA) is 80.8 Å². The molecule has 3 fully saturated rings. The number of rotatable bonds is 8. The van der Waals surface area contributed by atoms with Crippen molar-refractivity contribution in [1.82, 2.24) is 4.90 Å². The first-order valence-electron chi connectivity index (χ1n) is 10.3. The molecule has 7 atom stereocenters. The Morgan fingerprint density at radius 3 is 2.23 bits per heavy atom. The number of ether oxygens (including phenoxy) is 1. The molecule has 1 saturated heterocycles. The normalized spacial score (nSPS) is 32.3. The van der Waals surface area contributed by atoms with Crippen LogP contribution in [-0.2, 0) is 19.1 Å². The number of nitrogens with zero attached hydrogens (tertiary/aromatic N) is 1. The zero-order valence-corrected chi connectivity index (χ0v) is 20.9. The third-order valence-corrected chi connectivity index (χ3v) is 10.5. The number of benzene rings is 1. The number of hydrogen-bond donors (Lipinski definition) is 0. The monoisotopic (exact) mass is 571 g/mol. The van der Waals surface area contributed by atoms with Crippen LogP contribution in [0, 0.1) is 23.7 Å². The summed E-state index contributed by atoms with van der Waals surface area (Å²) in [5.74, 6) is -1.58. The summed E-state index contributed by atoms with van der Waals surface area (Å²) in [7, 11) is 0. The Hall–Kier alpha value is -1.19. The van der Waals surface area contributed by atoms with Crippen molar-refractivity contribution < 1.29 is 23.9 Å². The molecular formula is C22H23Br2NO5S. The lowest BCUT2D eigenvalue weighted by molar-refractivity contribution is -0.158. The minimum Gasteiger partial charge on any atom is -0.456 e. The van der Waals surface area contributed by atoms with Crippen LogP contribution in [0.25, 0.3) is 0 Å². The van der Waals surface area contributed by atoms with Gasteiger partial charge in [-0.2, -0.15) is 11.8 Å². The molecular weight excluding hydrogens is 550 g/mol. The SMILES string of the molecule is CSCC[C@@H](C(=O)OCC(=O)c1ccccc1)N1C(=O)[C@@H]2[C@H]3C[C@H]([C@H](Br)[C@@H]3Br)[C@@H]2C1=O. The molecule has 31 heavy (non-hydrogen) atoms. The molecule has 6 nitrogen and oxygen atoms in total. The number of halogens is 2. The molecule has 1 aromatic rings. The third kappa shape index (κ3) is 4.02. The predicted molar refractivity (Wildman–Crippen MR) is 124 cm³/mol. The molecule has 2 aliphatic carbocycles. The summed E-state index contributed by atoms with van der Waals surface area (Å²) in [4.78, 5) is 53.3. The maximum Gasteiger partial charge on any atom is 0.329 e. The van der Waals surface area contributed by atoms with Gasteiger partial charge in [0.2, 0.25) is 11.8 Å². The molecule has 1 aliphatic heterocycles. The van der Waals surface area contributed by atoms with Crippen LogP contribution in [0.4, 0.5) is 0 Å². The molecule has 2 bridgehead atoms. The van der Waals surface area contributed by atoms with E-state index in [0.717, 1.165) is 11.3 Å². The average molecular weight is 573 g/mol. The highest BCUT2D eigenvalue weighted by atomic mass is 79.9. The fourth-order valence-electron chi connectivity index (χ4n) is 5.20. The van der Waals surface area contributed by atoms with Crippen molar-refractivity contribution in [3.05, 3.63) is 35.9 Å². The fourth-order valence-corrected chi connectivity index (χ4v) is 7.53. The van der Waals surface area contributed by atoms with Gasteiger partial charge in [0.1, 0.15) is 6.04 Å². The average Bonchev–Trinajstić information content (AvgIpc) is 3.38. The van der Waals surface area contributed by atoms with E-state index in [9.17, 15) is 19.2 Å². The number of carbonyl (C=O) groups excluding carboxylic acids is 4. The lowest BCUT2D eigenvalue weighted by atomic mass is 9.81. The van der Waals surface area contributed by atoms with Gasteiger partial charge in [-0.15, -0.1) is 0 Å². The van der Waals surface area contributed by atoms with E-state index in [1.54, 1.807) is 30.3 Å². The van der Waals surface area contributed by atoms with Crippen LogP contribution in [0.3, 0.4) is 0 Å². The van der Waals surface area contributed by atoms with Crippen LogP contribution < -0.4 is 0 Å². The fraction of sp³-hybridized carbons (Fsp3) is 0.545. The van der Waals surface area contributed by atoms with Crippen molar-refractivity contribution in [2.75, 3.05) is 18.6 Å². The smallest absolute Gasteiger partial charge is 0.329 e. The van der Waals surface area contributed by atoms with E-state index in [2.05, 4.69) is 31.9 Å². The summed E-state index contributed by atoms with van der Waals surface area (Å²) in [6.45, 7) is -0.417. The van der Waals surface area contributed by atoms with Crippen LogP contribution >= 0.6 is 43.6 Å². The number of ketones is 1. The lowest BCUT2D eigenvalue weighted by Gasteiger charge is -2.28. The highest BCUT2D eigenvalue weighted by molar-refractivity contribution is 9.12. The summed E-state index contributed by atoms with van der Waals surface area (Å²) in [6, 6.07) is 7.57. The molecule has 0 aromatic heterocycles. The molecule has 1 heterocycles. The molecule has 0 radical (unpaired) electrons. The molecule has 9 heteroatoms. The highest BCUT2D eigenvalue weighted by Crippen LogP contribution is 2.60. The number of esters is 1. The van der Waals surface area contributed by atoms with Gasteiger partial charge in [0.15, 0.2) is 12.4 Å². The Kier molecular flexibility index (Phi) is 6.93. The maximum atomic E-state index is 13.3. The van der Waals surface area contributed by atoms with Crippen molar-refractivity contribution in [3.8, 4) is 0 Å². The van der Waals surface area contributed by atoms with Crippen molar-refractivity contribution in [1.29, 1.82) is 0 Å². The number of likely N-dealkylation sites (tertiary alicyclic amines) is 1. The summed E-state index contributed by atoms with van der Waals surface area (Å²) >= 11 is 8.87. The molecule has 166 valence electrons. The molecule has 0 unspecified atom stereocenters. The summed E-state index contributed by atoms with van der Waals surface area (Å²) < 4.78 is 5.30. The van der Waals surface area contributed by atoms with Gasteiger partial charge in [-0.1, -0.05) is 62.2 Å². The molecule has 3 aliphatic rings. The Bertz CT molecular complexity index is 865. The summed E-state index contributed by atoms with van der Waals surface area (Å²) in [5.41, 5.74) is 0.446. The molecule has 1 aromatic carbocycles. The second kappa shape index (κ2) is 9.35. The minimum absolute atomic E-state index is 0.0812. The molecule has 2 saturated carbocycles. The first kappa shape index (κ1) is 23.0. The first-order valence-corrected chi connectivity index (χ1v) is 13.5. The second-order valence-corrected chi connectivity index (χ2v) is 11.3. The van der Waals surface area contributed by atoms with E-state index in [1.165, 1.54) is 11.8 Å². The van der Waals surface area contributed by atoms with Gasteiger partial charge in [0.25, 0.3) is 0 Å². The highest BCUT2D eigenvalue weighted by Gasteiger charge is 2.67. The largest absolute Gasteiger partial charge is 0.456 e. The standard InChI is InChI=1S/C22H23Br2NO5S/c1-31-8-7-14(22(29)30-10-15(26)11-5-3-2-4-6-11)25-20(27)16-12-9-13(17(16)21(25)28)19(24)18(12)23/h2-6,12-14,16-19H,7-10H2,1H3/t12-,13+,14-,16-,17+,18-,19+/m0/s1. The quantitative estimate of drug-likeness (QED) is 0.206. The zero-order valence-electron chi connectivity index (χ0n) is 16.9. The molecule has 2 amide bonds. The van der Waals surface area contributed by atoms with Crippen LogP contribution in [0.2, 0.25) is 0 Å². The van der Waals surface area contributed by atoms with Gasteiger partial charge >= 0.3 is 5.97 Å². The third-order valence-electron chi connectivity index (χ3n) is 6.64. The van der Waals surface area contributed by atoms with Gasteiger partial charge in [0.05, 0.1) is 11.8 Å². The number of thioether (sulfide) groups is 1. The molecule has 4 rings (SSSR count). The van der Waals surface area contributed by atoms with Crippen LogP contribution in [0.15, 0.2) is 30.3 Å². The molecule has 0 spiro atoms. The molecule has 0 N–H and O–H groups in total. The summed E-state index contributed by atoms with van der Waals surface area (Å²) in [5, 5.41) is 0. The Morgan fingerprint density at radius 1 is 1.10 bits per heavy atom. The zero-order chi connectivity index (χ0) is 22.3. The van der Waals surface area contributed by atoms with Gasteiger partial charge in [0, 0.05) is 15.2 Å². The van der Waals surface area contributed by atoms with E-state index in [0.29, 0.717) is 17.7 Å². The van der Waals surface area contributed by atoms with Gasteiger partial charge in [-0.05, 0) is 36.7 Å². The van der Waals surface area contributed by atoms with Crippen LogP contribution in [-0.4, -0.2) is 62.8 Å². The number of carbonyl (C=O) groups is 4. The Balaban J connectivity index is 1.50. The van der Waals surface area contributed by atoms with E-state index in [-0.39, 0.29) is 50.9 Å². The number of imide groups is 1. The summed E-state index contributed by atoms with van der Waals surface area (Å²) in [6.07, 6.45) is 3.04. The van der Waals surface area contributed by atoms with Gasteiger partial charge in [-0.3, -0.25) is 19.3 Å². The predicted octanol–water partition coefficient (Wildman–Crippen LogP) is 3.31. The second-order valence-electron chi connectivity index (χ2n) is 8.24. The Labute approximate surface area is 202 Å². The maximum absolute atomic E-state index is 13.3. The van der Waals surface area contributed by atoms with E-state index in [4.69, 9.17) is 4.74 Å². The minimum atomic E-state index is -0.997. The number of hydrogen-bond acceptors (Lipinski definition) is 6. The van der Waals surface area contributed by atoms with Crippen LogP contribution in [0.1, 0.15) is 23.2 Å². The van der Waals surface area contributed by atoms with E-state index >= 15 is 0 Å². The van der Waals surface area contributed by atoms with Crippen molar-refractivity contribution in [2.24, 2.45) is 23.7 Å².